The second-order valence-electron chi connectivity index (χ2n) is 10.9. The summed E-state index contributed by atoms with van der Waals surface area (Å²) in [6.45, 7) is 4.81. The summed E-state index contributed by atoms with van der Waals surface area (Å²) in [4.78, 5) is 31.3. The average molecular weight is 422 g/mol. The van der Waals surface area contributed by atoms with Gasteiger partial charge >= 0.3 is 0 Å². The Morgan fingerprint density at radius 3 is 2.77 bits per heavy atom. The van der Waals surface area contributed by atoms with E-state index in [-0.39, 0.29) is 28.7 Å². The van der Waals surface area contributed by atoms with Gasteiger partial charge in [-0.25, -0.2) is 0 Å². The first-order valence-electron chi connectivity index (χ1n) is 12.0. The quantitative estimate of drug-likeness (QED) is 0.809. The zero-order valence-electron chi connectivity index (χ0n) is 19.0. The molecule has 0 unspecified atom stereocenters. The molecular weight excluding hydrogens is 386 g/mol. The van der Waals surface area contributed by atoms with Gasteiger partial charge in [-0.3, -0.25) is 14.6 Å². The van der Waals surface area contributed by atoms with E-state index in [4.69, 9.17) is 0 Å². The molecule has 0 spiro atoms. The van der Waals surface area contributed by atoms with Crippen LogP contribution in [0.2, 0.25) is 0 Å². The highest BCUT2D eigenvalue weighted by Crippen LogP contribution is 2.63. The molecule has 7 atom stereocenters. The van der Waals surface area contributed by atoms with E-state index in [9.17, 15) is 9.59 Å². The zero-order chi connectivity index (χ0) is 21.8. The van der Waals surface area contributed by atoms with E-state index in [1.165, 1.54) is 19.3 Å². The molecule has 3 aliphatic carbocycles. The summed E-state index contributed by atoms with van der Waals surface area (Å²) in [6.07, 6.45) is 13.1. The van der Waals surface area contributed by atoms with Crippen LogP contribution in [0.1, 0.15) is 58.1 Å². The number of hydrogen-bond acceptors (Lipinski definition) is 3. The van der Waals surface area contributed by atoms with Crippen LogP contribution in [0.3, 0.4) is 0 Å². The van der Waals surface area contributed by atoms with Gasteiger partial charge in [0.2, 0.25) is 11.8 Å². The largest absolute Gasteiger partial charge is 0.352 e. The molecule has 1 aromatic heterocycles. The van der Waals surface area contributed by atoms with Gasteiger partial charge in [-0.05, 0) is 79.9 Å². The number of hydrogen-bond donors (Lipinski definition) is 1. The van der Waals surface area contributed by atoms with Crippen LogP contribution in [0.15, 0.2) is 36.5 Å². The van der Waals surface area contributed by atoms with E-state index in [1.54, 1.807) is 6.20 Å². The van der Waals surface area contributed by atoms with Gasteiger partial charge in [-0.2, -0.15) is 0 Å². The van der Waals surface area contributed by atoms with Crippen LogP contribution >= 0.6 is 0 Å². The van der Waals surface area contributed by atoms with Crippen molar-refractivity contribution in [2.75, 3.05) is 7.05 Å². The van der Waals surface area contributed by atoms with Gasteiger partial charge in [0, 0.05) is 36.4 Å². The van der Waals surface area contributed by atoms with Crippen molar-refractivity contribution >= 4 is 11.8 Å². The Labute approximate surface area is 185 Å². The van der Waals surface area contributed by atoms with Gasteiger partial charge in [0.05, 0.1) is 6.42 Å². The van der Waals surface area contributed by atoms with Crippen molar-refractivity contribution in [3.8, 4) is 0 Å². The van der Waals surface area contributed by atoms with Crippen molar-refractivity contribution in [1.29, 1.82) is 0 Å². The first kappa shape index (κ1) is 20.7. The molecule has 1 aliphatic heterocycles. The van der Waals surface area contributed by atoms with Crippen LogP contribution in [-0.2, 0) is 16.0 Å². The predicted molar refractivity (Wildman–Crippen MR) is 120 cm³/mol. The number of carbonyl (C=O) groups excluding carboxylic acids is 2. The van der Waals surface area contributed by atoms with Gasteiger partial charge in [0.15, 0.2) is 0 Å². The third kappa shape index (κ3) is 3.23. The Hall–Kier alpha value is -2.17. The predicted octanol–water partition coefficient (Wildman–Crippen LogP) is 3.75. The number of rotatable bonds is 3. The number of nitrogens with one attached hydrogen (secondary N) is 1. The normalized spacial score (nSPS) is 41.3. The number of aromatic nitrogens is 1. The lowest BCUT2D eigenvalue weighted by Gasteiger charge is -2.60. The molecular formula is C26H35N3O2. The fraction of sp³-hybridized carbons (Fsp3) is 0.654. The third-order valence-corrected chi connectivity index (χ3v) is 9.53. The van der Waals surface area contributed by atoms with Crippen LogP contribution in [-0.4, -0.2) is 40.8 Å². The van der Waals surface area contributed by atoms with Crippen molar-refractivity contribution in [3.63, 3.8) is 0 Å². The van der Waals surface area contributed by atoms with Gasteiger partial charge in [-0.15, -0.1) is 0 Å². The Morgan fingerprint density at radius 2 is 2.00 bits per heavy atom. The summed E-state index contributed by atoms with van der Waals surface area (Å²) >= 11 is 0. The number of carbonyl (C=O) groups is 2. The average Bonchev–Trinajstić information content (AvgIpc) is 3.08. The standard InChI is InChI=1S/C26H35N3O2/c1-25-13-11-20-18(7-10-22-26(20,2)14-12-24(31)29(22)3)19(25)8-9-21(25)28-23(30)16-17-6-4-5-15-27-17/h4-6,12,14-15,18-22H,7-11,13,16H2,1-3H3,(H,28,30)/t18-,19-,20-,21-,22+,25-,26+/m0/s1. The first-order chi connectivity index (χ1) is 14.8. The van der Waals surface area contributed by atoms with Crippen molar-refractivity contribution in [2.24, 2.45) is 28.6 Å². The lowest BCUT2D eigenvalue weighted by atomic mass is 9.48. The summed E-state index contributed by atoms with van der Waals surface area (Å²) in [6, 6.07) is 6.32. The van der Waals surface area contributed by atoms with E-state index in [2.05, 4.69) is 30.2 Å². The Balaban J connectivity index is 1.32. The maximum atomic E-state index is 12.8. The lowest BCUT2D eigenvalue weighted by Crippen LogP contribution is -2.60. The molecule has 31 heavy (non-hydrogen) atoms. The highest BCUT2D eigenvalue weighted by Gasteiger charge is 2.60. The summed E-state index contributed by atoms with van der Waals surface area (Å²) < 4.78 is 0. The molecule has 1 aromatic rings. The van der Waals surface area contributed by atoms with Crippen LogP contribution in [0, 0.1) is 28.6 Å². The van der Waals surface area contributed by atoms with Crippen molar-refractivity contribution < 1.29 is 9.59 Å². The maximum absolute atomic E-state index is 12.8. The molecule has 0 radical (unpaired) electrons. The van der Waals surface area contributed by atoms with Crippen LogP contribution in [0.5, 0.6) is 0 Å². The van der Waals surface area contributed by atoms with E-state index in [0.29, 0.717) is 30.2 Å². The van der Waals surface area contributed by atoms with Crippen LogP contribution in [0.4, 0.5) is 0 Å². The number of pyridine rings is 1. The molecule has 0 bridgehead atoms. The third-order valence-electron chi connectivity index (χ3n) is 9.53. The van der Waals surface area contributed by atoms with Crippen molar-refractivity contribution in [2.45, 2.75) is 70.9 Å². The number of nitrogens with zero attached hydrogens (tertiary/aromatic N) is 2. The van der Waals surface area contributed by atoms with E-state index in [1.807, 2.05) is 36.2 Å². The molecule has 2 amide bonds. The van der Waals surface area contributed by atoms with Crippen molar-refractivity contribution in [3.05, 3.63) is 42.2 Å². The summed E-state index contributed by atoms with van der Waals surface area (Å²) in [5.41, 5.74) is 1.08. The zero-order valence-corrected chi connectivity index (χ0v) is 19.0. The fourth-order valence-electron chi connectivity index (χ4n) is 7.89. The Morgan fingerprint density at radius 1 is 1.16 bits per heavy atom. The fourth-order valence-corrected chi connectivity index (χ4v) is 7.89. The molecule has 166 valence electrons. The Kier molecular flexibility index (Phi) is 4.98. The SMILES string of the molecule is CN1C(=O)C=C[C@]2(C)[C@H]3CC[C@]4(C)[C@@H](NC(=O)Cc5ccccn5)CC[C@H]4[C@@H]3CC[C@@H]12. The molecule has 2 heterocycles. The number of fused-ring (bicyclic) bond motifs is 5. The monoisotopic (exact) mass is 421 g/mol. The minimum Gasteiger partial charge on any atom is -0.352 e. The lowest BCUT2D eigenvalue weighted by molar-refractivity contribution is -0.138. The van der Waals surface area contributed by atoms with Crippen LogP contribution in [0.25, 0.3) is 0 Å². The second kappa shape index (κ2) is 7.46. The van der Waals surface area contributed by atoms with Gasteiger partial charge in [-0.1, -0.05) is 26.0 Å². The Bertz CT molecular complexity index is 899. The molecule has 3 fully saturated rings. The number of amides is 2. The van der Waals surface area contributed by atoms with Gasteiger partial charge < -0.3 is 10.2 Å². The molecule has 5 nitrogen and oxygen atoms in total. The van der Waals surface area contributed by atoms with E-state index in [0.717, 1.165) is 25.0 Å². The smallest absolute Gasteiger partial charge is 0.246 e. The summed E-state index contributed by atoms with van der Waals surface area (Å²) in [5.74, 6) is 2.21. The maximum Gasteiger partial charge on any atom is 0.246 e. The minimum atomic E-state index is 0.0766. The van der Waals surface area contributed by atoms with Gasteiger partial charge in [0.1, 0.15) is 0 Å². The molecule has 0 aromatic carbocycles. The molecule has 0 saturated heterocycles. The minimum absolute atomic E-state index is 0.0766. The molecule has 5 rings (SSSR count). The topological polar surface area (TPSA) is 62.3 Å². The van der Waals surface area contributed by atoms with E-state index >= 15 is 0 Å². The number of likely N-dealkylation sites (N-methyl/N-ethyl adjacent to an activating group) is 1. The van der Waals surface area contributed by atoms with Gasteiger partial charge in [0.25, 0.3) is 0 Å². The van der Waals surface area contributed by atoms with E-state index < -0.39 is 0 Å². The first-order valence-corrected chi connectivity index (χ1v) is 12.0. The summed E-state index contributed by atoms with van der Waals surface area (Å²) in [7, 11) is 1.98. The second-order valence-corrected chi connectivity index (χ2v) is 10.9. The molecule has 5 heteroatoms. The molecule has 4 aliphatic rings. The summed E-state index contributed by atoms with van der Waals surface area (Å²) in [5, 5.41) is 3.40. The highest BCUT2D eigenvalue weighted by molar-refractivity contribution is 5.89. The molecule has 3 saturated carbocycles. The molecule has 1 N–H and O–H groups in total. The highest BCUT2D eigenvalue weighted by atomic mass is 16.2. The van der Waals surface area contributed by atoms with Crippen molar-refractivity contribution in [1.82, 2.24) is 15.2 Å². The van der Waals surface area contributed by atoms with Crippen LogP contribution < -0.4 is 5.32 Å².